The van der Waals surface area contributed by atoms with Crippen LogP contribution in [0.2, 0.25) is 0 Å². The smallest absolute Gasteiger partial charge is 0.322 e. The number of nitrogens with one attached hydrogen (secondary N) is 1. The summed E-state index contributed by atoms with van der Waals surface area (Å²) in [6.07, 6.45) is 2.85. The van der Waals surface area contributed by atoms with Gasteiger partial charge in [-0.05, 0) is 25.8 Å². The van der Waals surface area contributed by atoms with Crippen LogP contribution in [0.1, 0.15) is 25.5 Å². The average Bonchev–Trinajstić information content (AvgIpc) is 2.98. The standard InChI is InChI=1S/C15H19N3O4S/c1-11(2)18-9-14(16-10-18)23(21,22)17-13(15(19)20)8-12-6-4-3-5-7-12/h3-7,9-11,13,17H,8H2,1-2H3,(H,19,20)/t13-/m0/s1. The van der Waals surface area contributed by atoms with Gasteiger partial charge in [-0.3, -0.25) is 4.79 Å². The summed E-state index contributed by atoms with van der Waals surface area (Å²) in [7, 11) is -4.00. The predicted octanol–water partition coefficient (Wildman–Crippen LogP) is 1.44. The van der Waals surface area contributed by atoms with Crippen LogP contribution in [-0.2, 0) is 21.2 Å². The van der Waals surface area contributed by atoms with Gasteiger partial charge in [0.05, 0.1) is 6.33 Å². The number of carbonyl (C=O) groups is 1. The zero-order valence-corrected chi connectivity index (χ0v) is 13.7. The van der Waals surface area contributed by atoms with Gasteiger partial charge in [-0.25, -0.2) is 13.4 Å². The molecule has 2 N–H and O–H groups in total. The monoisotopic (exact) mass is 337 g/mol. The molecule has 1 aromatic carbocycles. The van der Waals surface area contributed by atoms with Gasteiger partial charge in [0.15, 0.2) is 5.03 Å². The molecular formula is C15H19N3O4S. The highest BCUT2D eigenvalue weighted by Crippen LogP contribution is 2.12. The quantitative estimate of drug-likeness (QED) is 0.796. The Morgan fingerprint density at radius 3 is 2.48 bits per heavy atom. The number of hydrogen-bond acceptors (Lipinski definition) is 4. The Balaban J connectivity index is 2.19. The molecule has 7 nitrogen and oxygen atoms in total. The molecule has 1 atom stereocenters. The van der Waals surface area contributed by atoms with Crippen LogP contribution in [0.5, 0.6) is 0 Å². The van der Waals surface area contributed by atoms with Crippen molar-refractivity contribution < 1.29 is 18.3 Å². The van der Waals surface area contributed by atoms with E-state index in [2.05, 4.69) is 9.71 Å². The third kappa shape index (κ3) is 4.40. The number of hydrogen-bond donors (Lipinski definition) is 2. The van der Waals surface area contributed by atoms with E-state index in [1.165, 1.54) is 12.5 Å². The molecule has 1 aromatic heterocycles. The van der Waals surface area contributed by atoms with Crippen LogP contribution in [-0.4, -0.2) is 35.1 Å². The van der Waals surface area contributed by atoms with Gasteiger partial charge in [0.25, 0.3) is 10.0 Å². The SMILES string of the molecule is CC(C)n1cnc(S(=O)(=O)N[C@@H](Cc2ccccc2)C(=O)O)c1. The molecule has 0 aliphatic carbocycles. The van der Waals surface area contributed by atoms with Gasteiger partial charge in [-0.1, -0.05) is 30.3 Å². The Labute approximate surface area is 135 Å². The fourth-order valence-electron chi connectivity index (χ4n) is 2.02. The summed E-state index contributed by atoms with van der Waals surface area (Å²) in [6.45, 7) is 3.78. The van der Waals surface area contributed by atoms with E-state index in [9.17, 15) is 18.3 Å². The molecule has 0 saturated heterocycles. The van der Waals surface area contributed by atoms with Gasteiger partial charge < -0.3 is 9.67 Å². The minimum atomic E-state index is -4.00. The molecule has 0 aliphatic heterocycles. The second kappa shape index (κ2) is 6.93. The Bertz CT molecular complexity index is 769. The van der Waals surface area contributed by atoms with Crippen molar-refractivity contribution in [3.8, 4) is 0 Å². The van der Waals surface area contributed by atoms with E-state index in [0.717, 1.165) is 5.56 Å². The van der Waals surface area contributed by atoms with Crippen molar-refractivity contribution >= 4 is 16.0 Å². The van der Waals surface area contributed by atoms with Crippen LogP contribution in [0, 0.1) is 0 Å². The first-order valence-electron chi connectivity index (χ1n) is 7.12. The van der Waals surface area contributed by atoms with E-state index in [0.29, 0.717) is 0 Å². The van der Waals surface area contributed by atoms with Crippen molar-refractivity contribution in [2.45, 2.75) is 37.4 Å². The van der Waals surface area contributed by atoms with E-state index in [1.54, 1.807) is 28.8 Å². The molecule has 0 fully saturated rings. The maximum Gasteiger partial charge on any atom is 0.322 e. The first kappa shape index (κ1) is 17.2. The lowest BCUT2D eigenvalue weighted by Gasteiger charge is -2.14. The topological polar surface area (TPSA) is 101 Å². The summed E-state index contributed by atoms with van der Waals surface area (Å²) in [5, 5.41) is 9.10. The van der Waals surface area contributed by atoms with Crippen LogP contribution in [0.15, 0.2) is 47.9 Å². The van der Waals surface area contributed by atoms with Crippen LogP contribution < -0.4 is 4.72 Å². The second-order valence-electron chi connectivity index (χ2n) is 5.45. The minimum absolute atomic E-state index is 0.0558. The van der Waals surface area contributed by atoms with E-state index >= 15 is 0 Å². The molecule has 0 aliphatic rings. The third-order valence-corrected chi connectivity index (χ3v) is 4.68. The highest BCUT2D eigenvalue weighted by atomic mass is 32.2. The largest absolute Gasteiger partial charge is 0.480 e. The summed E-state index contributed by atoms with van der Waals surface area (Å²) in [4.78, 5) is 15.2. The number of benzene rings is 1. The van der Waals surface area contributed by atoms with Gasteiger partial charge in [-0.15, -0.1) is 0 Å². The zero-order valence-electron chi connectivity index (χ0n) is 12.9. The van der Waals surface area contributed by atoms with Crippen molar-refractivity contribution in [2.75, 3.05) is 0 Å². The number of carboxylic acid groups (broad SMARTS) is 1. The van der Waals surface area contributed by atoms with Gasteiger partial charge in [0.2, 0.25) is 0 Å². The number of carboxylic acids is 1. The summed E-state index contributed by atoms with van der Waals surface area (Å²) < 4.78 is 28.5. The first-order chi connectivity index (χ1) is 10.8. The Morgan fingerprint density at radius 2 is 1.96 bits per heavy atom. The first-order valence-corrected chi connectivity index (χ1v) is 8.60. The van der Waals surface area contributed by atoms with Gasteiger partial charge in [-0.2, -0.15) is 4.72 Å². The van der Waals surface area contributed by atoms with Crippen molar-refractivity contribution in [2.24, 2.45) is 0 Å². The molecule has 0 saturated carbocycles. The number of aromatic nitrogens is 2. The number of rotatable bonds is 7. The fraction of sp³-hybridized carbons (Fsp3) is 0.333. The Hall–Kier alpha value is -2.19. The average molecular weight is 337 g/mol. The van der Waals surface area contributed by atoms with E-state index < -0.39 is 22.0 Å². The lowest BCUT2D eigenvalue weighted by atomic mass is 10.1. The van der Waals surface area contributed by atoms with Crippen LogP contribution >= 0.6 is 0 Å². The highest BCUT2D eigenvalue weighted by molar-refractivity contribution is 7.89. The van der Waals surface area contributed by atoms with Gasteiger partial charge in [0, 0.05) is 12.2 Å². The van der Waals surface area contributed by atoms with Gasteiger partial charge >= 0.3 is 5.97 Å². The maximum atomic E-state index is 12.3. The third-order valence-electron chi connectivity index (χ3n) is 3.33. The van der Waals surface area contributed by atoms with Gasteiger partial charge in [0.1, 0.15) is 6.04 Å². The predicted molar refractivity (Wildman–Crippen MR) is 84.5 cm³/mol. The van der Waals surface area contributed by atoms with Crippen molar-refractivity contribution in [1.29, 1.82) is 0 Å². The second-order valence-corrected chi connectivity index (χ2v) is 7.12. The van der Waals surface area contributed by atoms with Crippen molar-refractivity contribution in [1.82, 2.24) is 14.3 Å². The molecule has 1 heterocycles. The molecule has 23 heavy (non-hydrogen) atoms. The molecule has 0 amide bonds. The normalized spacial score (nSPS) is 13.2. The molecule has 0 radical (unpaired) electrons. The fourth-order valence-corrected chi connectivity index (χ4v) is 3.14. The van der Waals surface area contributed by atoms with Crippen LogP contribution in [0.3, 0.4) is 0 Å². The molecule has 2 aromatic rings. The number of sulfonamides is 1. The lowest BCUT2D eigenvalue weighted by Crippen LogP contribution is -2.42. The number of aliphatic carboxylic acids is 1. The molecule has 2 rings (SSSR count). The number of imidazole rings is 1. The molecule has 124 valence electrons. The van der Waals surface area contributed by atoms with E-state index in [4.69, 9.17) is 0 Å². The highest BCUT2D eigenvalue weighted by Gasteiger charge is 2.27. The molecule has 0 spiro atoms. The van der Waals surface area contributed by atoms with Crippen LogP contribution in [0.25, 0.3) is 0 Å². The minimum Gasteiger partial charge on any atom is -0.480 e. The summed E-state index contributed by atoms with van der Waals surface area (Å²) >= 11 is 0. The molecular weight excluding hydrogens is 318 g/mol. The summed E-state index contributed by atoms with van der Waals surface area (Å²) in [5.41, 5.74) is 0.732. The summed E-state index contributed by atoms with van der Waals surface area (Å²) in [6, 6.07) is 7.65. The van der Waals surface area contributed by atoms with Crippen LogP contribution in [0.4, 0.5) is 0 Å². The zero-order chi connectivity index (χ0) is 17.0. The Morgan fingerprint density at radius 1 is 1.30 bits per heavy atom. The van der Waals surface area contributed by atoms with E-state index in [1.807, 2.05) is 19.9 Å². The van der Waals surface area contributed by atoms with E-state index in [-0.39, 0.29) is 17.5 Å². The Kier molecular flexibility index (Phi) is 5.17. The lowest BCUT2D eigenvalue weighted by molar-refractivity contribution is -0.138. The molecule has 0 bridgehead atoms. The summed E-state index contributed by atoms with van der Waals surface area (Å²) in [5.74, 6) is -1.24. The number of nitrogens with zero attached hydrogens (tertiary/aromatic N) is 2. The molecule has 8 heteroatoms. The van der Waals surface area contributed by atoms with Crippen molar-refractivity contribution in [3.05, 3.63) is 48.4 Å². The van der Waals surface area contributed by atoms with Crippen molar-refractivity contribution in [3.63, 3.8) is 0 Å². The molecule has 0 unspecified atom stereocenters. The maximum absolute atomic E-state index is 12.3.